The molecule has 0 aliphatic heterocycles. The molecule has 1 aromatic heterocycles. The van der Waals surface area contributed by atoms with E-state index in [9.17, 15) is 4.79 Å². The second kappa shape index (κ2) is 10.8. The number of nitrogens with one attached hydrogen (secondary N) is 1. The fourth-order valence-electron chi connectivity index (χ4n) is 4.50. The van der Waals surface area contributed by atoms with Crippen LogP contribution in [-0.4, -0.2) is 26.7 Å². The van der Waals surface area contributed by atoms with Gasteiger partial charge < -0.3 is 23.9 Å². The zero-order valence-corrected chi connectivity index (χ0v) is 22.4. The van der Waals surface area contributed by atoms with Gasteiger partial charge in [-0.3, -0.25) is 4.79 Å². The van der Waals surface area contributed by atoms with E-state index in [0.29, 0.717) is 23.9 Å². The van der Waals surface area contributed by atoms with E-state index in [1.807, 2.05) is 77.1 Å². The van der Waals surface area contributed by atoms with Crippen molar-refractivity contribution < 1.29 is 23.4 Å². The van der Waals surface area contributed by atoms with Gasteiger partial charge in [-0.2, -0.15) is 0 Å². The van der Waals surface area contributed by atoms with Gasteiger partial charge in [-0.15, -0.1) is 0 Å². The average Bonchev–Trinajstić information content (AvgIpc) is 3.32. The predicted octanol–water partition coefficient (Wildman–Crippen LogP) is 7.48. The highest BCUT2D eigenvalue weighted by molar-refractivity contribution is 6.06. The number of anilines is 1. The molecule has 0 bridgehead atoms. The first-order valence-corrected chi connectivity index (χ1v) is 12.2. The zero-order chi connectivity index (χ0) is 26.7. The number of rotatable bonds is 8. The summed E-state index contributed by atoms with van der Waals surface area (Å²) < 4.78 is 23.2. The van der Waals surface area contributed by atoms with Gasteiger partial charge in [0.2, 0.25) is 5.91 Å². The van der Waals surface area contributed by atoms with Crippen LogP contribution in [0.2, 0.25) is 0 Å². The van der Waals surface area contributed by atoms with Gasteiger partial charge >= 0.3 is 0 Å². The minimum Gasteiger partial charge on any atom is -0.497 e. The number of hydrogen-bond acceptors (Lipinski definition) is 5. The third-order valence-electron chi connectivity index (χ3n) is 6.66. The number of fused-ring (bicyclic) bond motifs is 1. The molecule has 4 aromatic rings. The Kier molecular flexibility index (Phi) is 7.58. The van der Waals surface area contributed by atoms with Gasteiger partial charge in [-0.05, 0) is 81.7 Å². The number of benzene rings is 3. The van der Waals surface area contributed by atoms with Crippen molar-refractivity contribution in [1.82, 2.24) is 0 Å². The molecule has 37 heavy (non-hydrogen) atoms. The van der Waals surface area contributed by atoms with Crippen molar-refractivity contribution in [2.45, 2.75) is 34.6 Å². The number of aryl methyl sites for hydroxylation is 2. The second-order valence-electron chi connectivity index (χ2n) is 8.97. The third kappa shape index (κ3) is 5.05. The number of amides is 1. The Balaban J connectivity index is 1.83. The quantitative estimate of drug-likeness (QED) is 0.254. The van der Waals surface area contributed by atoms with Crippen molar-refractivity contribution in [2.24, 2.45) is 0 Å². The Morgan fingerprint density at radius 1 is 1.00 bits per heavy atom. The lowest BCUT2D eigenvalue weighted by Crippen LogP contribution is -2.10. The summed E-state index contributed by atoms with van der Waals surface area (Å²) in [5.41, 5.74) is 7.88. The molecule has 0 aliphatic rings. The van der Waals surface area contributed by atoms with Crippen LogP contribution in [0.25, 0.3) is 27.7 Å². The Morgan fingerprint density at radius 3 is 2.49 bits per heavy atom. The maximum absolute atomic E-state index is 13.0. The van der Waals surface area contributed by atoms with Crippen LogP contribution in [0, 0.1) is 20.8 Å². The summed E-state index contributed by atoms with van der Waals surface area (Å²) in [6.07, 6.45) is 3.33. The molecule has 0 aliphatic carbocycles. The van der Waals surface area contributed by atoms with E-state index in [1.54, 1.807) is 26.6 Å². The predicted molar refractivity (Wildman–Crippen MR) is 149 cm³/mol. The number of methoxy groups -OCH3 is 2. The van der Waals surface area contributed by atoms with Gasteiger partial charge in [0.05, 0.1) is 27.1 Å². The molecule has 6 heteroatoms. The lowest BCUT2D eigenvalue weighted by atomic mass is 9.96. The molecule has 0 saturated heterocycles. The number of allylic oxidation sites excluding steroid dienone is 1. The normalized spacial score (nSPS) is 11.5. The number of hydrogen-bond donors (Lipinski definition) is 1. The average molecular weight is 500 g/mol. The minimum absolute atomic E-state index is 0.201. The molecule has 1 heterocycles. The fraction of sp³-hybridized carbons (Fsp3) is 0.258. The molecule has 0 saturated carbocycles. The first kappa shape index (κ1) is 25.9. The van der Waals surface area contributed by atoms with Crippen LogP contribution < -0.4 is 19.5 Å². The van der Waals surface area contributed by atoms with Gasteiger partial charge in [-0.1, -0.05) is 12.1 Å². The number of carbonyl (C=O) groups is 1. The van der Waals surface area contributed by atoms with Crippen LogP contribution in [0.3, 0.4) is 0 Å². The summed E-state index contributed by atoms with van der Waals surface area (Å²) in [6, 6.07) is 13.5. The molecule has 192 valence electrons. The Bertz CT molecular complexity index is 1500. The highest BCUT2D eigenvalue weighted by atomic mass is 16.5. The smallest absolute Gasteiger partial charge is 0.248 e. The van der Waals surface area contributed by atoms with E-state index in [4.69, 9.17) is 18.6 Å². The van der Waals surface area contributed by atoms with Crippen LogP contribution in [0.15, 0.2) is 59.2 Å². The van der Waals surface area contributed by atoms with Crippen molar-refractivity contribution in [1.29, 1.82) is 0 Å². The summed E-state index contributed by atoms with van der Waals surface area (Å²) >= 11 is 0. The topological polar surface area (TPSA) is 69.9 Å². The zero-order valence-electron chi connectivity index (χ0n) is 22.4. The maximum atomic E-state index is 13.0. The molecule has 0 radical (unpaired) electrons. The molecule has 4 rings (SSSR count). The Morgan fingerprint density at radius 2 is 1.78 bits per heavy atom. The molecular formula is C31H33NO5. The molecule has 1 amide bonds. The van der Waals surface area contributed by atoms with Crippen LogP contribution >= 0.6 is 0 Å². The van der Waals surface area contributed by atoms with Gasteiger partial charge in [0.15, 0.2) is 0 Å². The molecule has 3 aromatic carbocycles. The standard InChI is InChI=1S/C31H33NO5/c1-8-36-30-21(5)31-25(26(17-37-31)24-15-22(34-6)12-13-28(24)35-7)16-23(30)19(3)14-29(33)32-27-11-9-10-18(2)20(27)4/h9-17H,8H2,1-7H3,(H,32,33)/b19-14+. The summed E-state index contributed by atoms with van der Waals surface area (Å²) in [7, 11) is 3.27. The van der Waals surface area contributed by atoms with E-state index in [-0.39, 0.29) is 5.91 Å². The van der Waals surface area contributed by atoms with Crippen LogP contribution in [0.5, 0.6) is 17.2 Å². The molecule has 1 N–H and O–H groups in total. The first-order chi connectivity index (χ1) is 17.8. The van der Waals surface area contributed by atoms with Crippen LogP contribution in [0.1, 0.15) is 36.1 Å². The lowest BCUT2D eigenvalue weighted by molar-refractivity contribution is -0.111. The van der Waals surface area contributed by atoms with Crippen LogP contribution in [0.4, 0.5) is 5.69 Å². The van der Waals surface area contributed by atoms with E-state index < -0.39 is 0 Å². The Labute approximate surface area is 217 Å². The first-order valence-electron chi connectivity index (χ1n) is 12.2. The van der Waals surface area contributed by atoms with Crippen LogP contribution in [-0.2, 0) is 4.79 Å². The van der Waals surface area contributed by atoms with Gasteiger partial charge in [0, 0.05) is 39.4 Å². The lowest BCUT2D eigenvalue weighted by Gasteiger charge is -2.15. The molecule has 0 atom stereocenters. The van der Waals surface area contributed by atoms with E-state index in [0.717, 1.165) is 55.6 Å². The molecular weight excluding hydrogens is 466 g/mol. The summed E-state index contributed by atoms with van der Waals surface area (Å²) in [5, 5.41) is 3.90. The summed E-state index contributed by atoms with van der Waals surface area (Å²) in [4.78, 5) is 13.0. The highest BCUT2D eigenvalue weighted by Crippen LogP contribution is 2.43. The maximum Gasteiger partial charge on any atom is 0.248 e. The number of carbonyl (C=O) groups excluding carboxylic acids is 1. The highest BCUT2D eigenvalue weighted by Gasteiger charge is 2.21. The third-order valence-corrected chi connectivity index (χ3v) is 6.66. The SMILES string of the molecule is CCOc1c(/C(C)=C/C(=O)Nc2cccc(C)c2C)cc2c(-c3cc(OC)ccc3OC)coc2c1C. The van der Waals surface area contributed by atoms with E-state index >= 15 is 0 Å². The monoisotopic (exact) mass is 499 g/mol. The fourth-order valence-corrected chi connectivity index (χ4v) is 4.50. The largest absolute Gasteiger partial charge is 0.497 e. The van der Waals surface area contributed by atoms with Gasteiger partial charge in [0.25, 0.3) is 0 Å². The van der Waals surface area contributed by atoms with E-state index in [2.05, 4.69) is 5.32 Å². The number of furan rings is 1. The molecule has 0 spiro atoms. The summed E-state index contributed by atoms with van der Waals surface area (Å²) in [5.74, 6) is 1.92. The van der Waals surface area contributed by atoms with Crippen molar-refractivity contribution in [3.8, 4) is 28.4 Å². The minimum atomic E-state index is -0.201. The summed E-state index contributed by atoms with van der Waals surface area (Å²) in [6.45, 7) is 10.3. The molecule has 0 unspecified atom stereocenters. The van der Waals surface area contributed by atoms with Crippen molar-refractivity contribution in [3.63, 3.8) is 0 Å². The second-order valence-corrected chi connectivity index (χ2v) is 8.97. The van der Waals surface area contributed by atoms with Crippen molar-refractivity contribution in [2.75, 3.05) is 26.1 Å². The van der Waals surface area contributed by atoms with E-state index in [1.165, 1.54) is 0 Å². The molecule has 0 fully saturated rings. The number of ether oxygens (including phenoxy) is 3. The Hall–Kier alpha value is -4.19. The van der Waals surface area contributed by atoms with Crippen molar-refractivity contribution >= 4 is 28.1 Å². The van der Waals surface area contributed by atoms with Crippen molar-refractivity contribution in [3.05, 3.63) is 77.1 Å². The van der Waals surface area contributed by atoms with Gasteiger partial charge in [-0.25, -0.2) is 0 Å². The van der Waals surface area contributed by atoms with Gasteiger partial charge in [0.1, 0.15) is 22.8 Å². The molecule has 6 nitrogen and oxygen atoms in total.